The maximum absolute atomic E-state index is 13.5. The van der Waals surface area contributed by atoms with Crippen LogP contribution in [0.25, 0.3) is 0 Å². The number of anilines is 1. The summed E-state index contributed by atoms with van der Waals surface area (Å²) in [6.07, 6.45) is 1.00. The maximum Gasteiger partial charge on any atom is 0.225 e. The van der Waals surface area contributed by atoms with Gasteiger partial charge in [-0.3, -0.25) is 10.2 Å². The second-order valence-corrected chi connectivity index (χ2v) is 8.52. The summed E-state index contributed by atoms with van der Waals surface area (Å²) < 4.78 is 0. The van der Waals surface area contributed by atoms with E-state index >= 15 is 0 Å². The minimum atomic E-state index is -0.633. The van der Waals surface area contributed by atoms with E-state index in [0.29, 0.717) is 6.54 Å². The average Bonchev–Trinajstić information content (AvgIpc) is 2.90. The third-order valence-electron chi connectivity index (χ3n) is 6.19. The Bertz CT molecular complexity index is 1140. The molecule has 5 heteroatoms. The lowest BCUT2D eigenvalue weighted by Crippen LogP contribution is -2.34. The molecule has 5 N–H and O–H groups in total. The van der Waals surface area contributed by atoms with Crippen molar-refractivity contribution in [2.75, 3.05) is 11.9 Å². The first-order chi connectivity index (χ1) is 17.1. The van der Waals surface area contributed by atoms with Gasteiger partial charge in [0, 0.05) is 18.7 Å². The number of carbonyl (C=O) groups is 1. The highest BCUT2D eigenvalue weighted by molar-refractivity contribution is 5.92. The predicted molar refractivity (Wildman–Crippen MR) is 143 cm³/mol. The third kappa shape index (κ3) is 5.76. The van der Waals surface area contributed by atoms with E-state index in [-0.39, 0.29) is 18.3 Å². The molecule has 0 heterocycles. The fraction of sp³-hybridized carbons (Fsp3) is 0.133. The smallest absolute Gasteiger partial charge is 0.225 e. The minimum Gasteiger partial charge on any atom is -0.370 e. The molecule has 0 saturated carbocycles. The van der Waals surface area contributed by atoms with Crippen molar-refractivity contribution in [3.63, 3.8) is 0 Å². The van der Waals surface area contributed by atoms with Crippen LogP contribution in [0.3, 0.4) is 0 Å². The van der Waals surface area contributed by atoms with Gasteiger partial charge in [0.15, 0.2) is 5.96 Å². The number of amides is 1. The maximum atomic E-state index is 13.5. The number of carbonyl (C=O) groups excluding carboxylic acids is 1. The van der Waals surface area contributed by atoms with Crippen molar-refractivity contribution in [1.29, 1.82) is 5.41 Å². The summed E-state index contributed by atoms with van der Waals surface area (Å²) in [4.78, 5) is 13.5. The zero-order valence-electron chi connectivity index (χ0n) is 19.6. The number of hydrogen-bond donors (Lipinski definition) is 4. The Morgan fingerprint density at radius 3 is 1.60 bits per heavy atom. The summed E-state index contributed by atoms with van der Waals surface area (Å²) in [5.41, 5.74) is 9.77. The molecule has 0 unspecified atom stereocenters. The van der Waals surface area contributed by atoms with Gasteiger partial charge in [-0.1, -0.05) is 103 Å². The second kappa shape index (κ2) is 11.2. The van der Waals surface area contributed by atoms with E-state index in [1.54, 1.807) is 0 Å². The Labute approximate surface area is 206 Å². The van der Waals surface area contributed by atoms with Crippen molar-refractivity contribution in [2.45, 2.75) is 18.3 Å². The van der Waals surface area contributed by atoms with Crippen LogP contribution in [0.1, 0.15) is 28.7 Å². The number of hydrogen-bond acceptors (Lipinski definition) is 2. The van der Waals surface area contributed by atoms with Gasteiger partial charge in [0.1, 0.15) is 0 Å². The van der Waals surface area contributed by atoms with Gasteiger partial charge in [0.2, 0.25) is 5.91 Å². The lowest BCUT2D eigenvalue weighted by Gasteiger charge is -2.35. The molecule has 0 bridgehead atoms. The van der Waals surface area contributed by atoms with Gasteiger partial charge in [0.05, 0.1) is 5.41 Å². The van der Waals surface area contributed by atoms with E-state index in [1.807, 2.05) is 78.9 Å². The van der Waals surface area contributed by atoms with Crippen molar-refractivity contribution < 1.29 is 4.79 Å². The van der Waals surface area contributed by atoms with Gasteiger partial charge in [0.25, 0.3) is 0 Å². The molecule has 5 nitrogen and oxygen atoms in total. The van der Waals surface area contributed by atoms with Crippen LogP contribution >= 0.6 is 0 Å². The summed E-state index contributed by atoms with van der Waals surface area (Å²) in [7, 11) is 0. The zero-order chi connectivity index (χ0) is 24.5. The van der Waals surface area contributed by atoms with Gasteiger partial charge in [-0.25, -0.2) is 0 Å². The van der Waals surface area contributed by atoms with Crippen LogP contribution < -0.4 is 16.4 Å². The lowest BCUT2D eigenvalue weighted by molar-refractivity contribution is -0.116. The van der Waals surface area contributed by atoms with Gasteiger partial charge in [-0.15, -0.1) is 0 Å². The molecule has 4 aromatic carbocycles. The number of nitrogens with two attached hydrogens (primary N) is 1. The highest BCUT2D eigenvalue weighted by atomic mass is 16.1. The highest BCUT2D eigenvalue weighted by Gasteiger charge is 2.38. The quantitative estimate of drug-likeness (QED) is 0.159. The van der Waals surface area contributed by atoms with E-state index in [4.69, 9.17) is 11.1 Å². The molecule has 1 amide bonds. The van der Waals surface area contributed by atoms with Gasteiger partial charge < -0.3 is 16.4 Å². The summed E-state index contributed by atoms with van der Waals surface area (Å²) in [6, 6.07) is 38.5. The molecule has 0 aliphatic carbocycles. The first kappa shape index (κ1) is 23.8. The van der Waals surface area contributed by atoms with Crippen LogP contribution in [0, 0.1) is 5.41 Å². The second-order valence-electron chi connectivity index (χ2n) is 8.52. The van der Waals surface area contributed by atoms with Crippen molar-refractivity contribution in [3.05, 3.63) is 138 Å². The summed E-state index contributed by atoms with van der Waals surface area (Å²) in [6.45, 7) is 0.592. The van der Waals surface area contributed by atoms with Crippen LogP contribution in [-0.4, -0.2) is 18.4 Å². The van der Waals surface area contributed by atoms with E-state index < -0.39 is 5.41 Å². The molecular weight excluding hydrogens is 432 g/mol. The molecular formula is C30H30N4O. The molecule has 176 valence electrons. The molecule has 0 aliphatic heterocycles. The molecule has 0 radical (unpaired) electrons. The standard InChI is InChI=1S/C30H30N4O/c31-29(32)33-21-20-23-16-18-27(19-17-23)34-28(35)22-30(24-10-4-1-5-11-24,25-12-6-2-7-13-25)26-14-8-3-9-15-26/h1-19H,20-22H2,(H,34,35)(H4,31,32,33). The van der Waals surface area contributed by atoms with Crippen LogP contribution in [0.2, 0.25) is 0 Å². The van der Waals surface area contributed by atoms with E-state index in [0.717, 1.165) is 34.4 Å². The molecule has 0 aliphatic rings. The molecule has 35 heavy (non-hydrogen) atoms. The highest BCUT2D eigenvalue weighted by Crippen LogP contribution is 2.42. The topological polar surface area (TPSA) is 91.0 Å². The van der Waals surface area contributed by atoms with E-state index in [9.17, 15) is 4.79 Å². The predicted octanol–water partition coefficient (Wildman–Crippen LogP) is 5.08. The first-order valence-electron chi connectivity index (χ1n) is 11.7. The van der Waals surface area contributed by atoms with Crippen molar-refractivity contribution in [1.82, 2.24) is 5.32 Å². The largest absolute Gasteiger partial charge is 0.370 e. The average molecular weight is 463 g/mol. The van der Waals surface area contributed by atoms with Gasteiger partial charge in [-0.05, 0) is 40.8 Å². The van der Waals surface area contributed by atoms with Gasteiger partial charge in [-0.2, -0.15) is 0 Å². The lowest BCUT2D eigenvalue weighted by atomic mass is 9.67. The van der Waals surface area contributed by atoms with Crippen molar-refractivity contribution >= 4 is 17.6 Å². The van der Waals surface area contributed by atoms with Crippen LogP contribution in [0.5, 0.6) is 0 Å². The molecule has 0 spiro atoms. The molecule has 0 aromatic heterocycles. The van der Waals surface area contributed by atoms with Crippen LogP contribution in [-0.2, 0) is 16.6 Å². The van der Waals surface area contributed by atoms with Crippen LogP contribution in [0.15, 0.2) is 115 Å². The van der Waals surface area contributed by atoms with Crippen molar-refractivity contribution in [3.8, 4) is 0 Å². The fourth-order valence-electron chi connectivity index (χ4n) is 4.52. The Hall–Kier alpha value is -4.38. The zero-order valence-corrected chi connectivity index (χ0v) is 19.6. The number of rotatable bonds is 9. The van der Waals surface area contributed by atoms with Crippen molar-refractivity contribution in [2.24, 2.45) is 5.73 Å². The first-order valence-corrected chi connectivity index (χ1v) is 11.7. The Morgan fingerprint density at radius 2 is 1.17 bits per heavy atom. The van der Waals surface area contributed by atoms with E-state index in [1.165, 1.54) is 0 Å². The van der Waals surface area contributed by atoms with Gasteiger partial charge >= 0.3 is 0 Å². The normalized spacial score (nSPS) is 11.0. The summed E-state index contributed by atoms with van der Waals surface area (Å²) >= 11 is 0. The molecule has 0 atom stereocenters. The minimum absolute atomic E-state index is 0.0346. The molecule has 4 aromatic rings. The monoisotopic (exact) mass is 462 g/mol. The number of benzene rings is 4. The van der Waals surface area contributed by atoms with E-state index in [2.05, 4.69) is 47.0 Å². The fourth-order valence-corrected chi connectivity index (χ4v) is 4.52. The number of guanidine groups is 1. The molecule has 4 rings (SSSR count). The third-order valence-corrected chi connectivity index (χ3v) is 6.19. The molecule has 0 fully saturated rings. The van der Waals surface area contributed by atoms with Crippen LogP contribution in [0.4, 0.5) is 5.69 Å². The molecule has 0 saturated heterocycles. The Morgan fingerprint density at radius 1 is 0.714 bits per heavy atom. The number of nitrogens with one attached hydrogen (secondary N) is 3. The Kier molecular flexibility index (Phi) is 7.58. The summed E-state index contributed by atoms with van der Waals surface area (Å²) in [5.74, 6) is -0.0971. The SMILES string of the molecule is N=C(N)NCCc1ccc(NC(=O)CC(c2ccccc2)(c2ccccc2)c2ccccc2)cc1. The summed E-state index contributed by atoms with van der Waals surface area (Å²) in [5, 5.41) is 13.2. The Balaban J connectivity index is 1.63.